The van der Waals surface area contributed by atoms with Gasteiger partial charge < -0.3 is 0 Å². The van der Waals surface area contributed by atoms with Crippen molar-refractivity contribution in [3.8, 4) is 0 Å². The minimum absolute atomic E-state index is 1.06. The topological polar surface area (TPSA) is 0 Å². The molecule has 0 unspecified atom stereocenters. The molecule has 1 aliphatic heterocycles. The molecule has 5 rings (SSSR count). The molecule has 0 N–H and O–H groups in total. The first kappa shape index (κ1) is 11.2. The molecule has 0 fully saturated rings. The summed E-state index contributed by atoms with van der Waals surface area (Å²) in [6.07, 6.45) is 2.24. The molecule has 4 aromatic rings. The van der Waals surface area contributed by atoms with Crippen molar-refractivity contribution in [2.24, 2.45) is 0 Å². The standard InChI is InChI=1S/C20H13B/c1-2-4-15-13(3-1)5-7-17-16(15)9-10-19-18(17)8-6-14-11-12-21-20(14)19/h1-12,21H. The number of hydrogen-bond donors (Lipinski definition) is 0. The number of fused-ring (bicyclic) bond motifs is 7. The van der Waals surface area contributed by atoms with E-state index in [0.717, 1.165) is 7.28 Å². The average molecular weight is 264 g/mol. The molecule has 1 aliphatic rings. The minimum atomic E-state index is 1.06. The summed E-state index contributed by atoms with van der Waals surface area (Å²) < 4.78 is 0. The molecule has 96 valence electrons. The van der Waals surface area contributed by atoms with Crippen LogP contribution >= 0.6 is 0 Å². The van der Waals surface area contributed by atoms with E-state index in [1.165, 1.54) is 43.3 Å². The van der Waals surface area contributed by atoms with Gasteiger partial charge in [-0.1, -0.05) is 72.2 Å². The Balaban J connectivity index is 2.00. The van der Waals surface area contributed by atoms with E-state index < -0.39 is 0 Å². The Morgan fingerprint density at radius 2 is 1.29 bits per heavy atom. The van der Waals surface area contributed by atoms with Crippen LogP contribution in [0.5, 0.6) is 0 Å². The lowest BCUT2D eigenvalue weighted by atomic mass is 9.71. The van der Waals surface area contributed by atoms with E-state index in [1.54, 1.807) is 0 Å². The van der Waals surface area contributed by atoms with Gasteiger partial charge in [-0.25, -0.2) is 0 Å². The van der Waals surface area contributed by atoms with Crippen molar-refractivity contribution in [3.63, 3.8) is 0 Å². The Bertz CT molecular complexity index is 1060. The van der Waals surface area contributed by atoms with Crippen LogP contribution in [0.2, 0.25) is 0 Å². The summed E-state index contributed by atoms with van der Waals surface area (Å²) in [6, 6.07) is 22.3. The smallest absolute Gasteiger partial charge is 0.113 e. The first-order valence-electron chi connectivity index (χ1n) is 7.44. The van der Waals surface area contributed by atoms with Gasteiger partial charge in [0.15, 0.2) is 7.28 Å². The van der Waals surface area contributed by atoms with Crippen LogP contribution in [0.4, 0.5) is 0 Å². The third-order valence-corrected chi connectivity index (χ3v) is 4.69. The summed E-state index contributed by atoms with van der Waals surface area (Å²) >= 11 is 0. The van der Waals surface area contributed by atoms with Crippen LogP contribution in [-0.2, 0) is 0 Å². The molecular weight excluding hydrogens is 251 g/mol. The summed E-state index contributed by atoms with van der Waals surface area (Å²) in [6.45, 7) is 0. The fraction of sp³-hybridized carbons (Fsp3) is 0. The predicted octanol–water partition coefficient (Wildman–Crippen LogP) is 4.19. The van der Waals surface area contributed by atoms with Gasteiger partial charge in [0.2, 0.25) is 0 Å². The largest absolute Gasteiger partial charge is 0.184 e. The molecule has 1 heteroatoms. The molecule has 0 spiro atoms. The quantitative estimate of drug-likeness (QED) is 0.330. The Labute approximate surface area is 123 Å². The van der Waals surface area contributed by atoms with Gasteiger partial charge in [-0.3, -0.25) is 0 Å². The van der Waals surface area contributed by atoms with Crippen molar-refractivity contribution in [2.75, 3.05) is 0 Å². The van der Waals surface area contributed by atoms with E-state index in [1.807, 2.05) is 0 Å². The highest BCUT2D eigenvalue weighted by Crippen LogP contribution is 2.31. The molecule has 0 aromatic heterocycles. The Hall–Kier alpha value is -2.54. The van der Waals surface area contributed by atoms with Gasteiger partial charge in [0.05, 0.1) is 0 Å². The molecular formula is C20H13B. The van der Waals surface area contributed by atoms with Crippen molar-refractivity contribution >= 4 is 51.1 Å². The molecule has 0 nitrogen and oxygen atoms in total. The van der Waals surface area contributed by atoms with Gasteiger partial charge in [0.25, 0.3) is 0 Å². The van der Waals surface area contributed by atoms with Crippen LogP contribution in [-0.4, -0.2) is 7.28 Å². The van der Waals surface area contributed by atoms with Crippen molar-refractivity contribution in [2.45, 2.75) is 0 Å². The predicted molar refractivity (Wildman–Crippen MR) is 94.8 cm³/mol. The van der Waals surface area contributed by atoms with Crippen molar-refractivity contribution in [1.29, 1.82) is 0 Å². The summed E-state index contributed by atoms with van der Waals surface area (Å²) in [7, 11) is 1.06. The van der Waals surface area contributed by atoms with E-state index in [4.69, 9.17) is 0 Å². The first-order chi connectivity index (χ1) is 10.4. The second-order valence-electron chi connectivity index (χ2n) is 5.78. The highest BCUT2D eigenvalue weighted by atomic mass is 14.1. The normalized spacial score (nSPS) is 13.0. The van der Waals surface area contributed by atoms with E-state index in [0.29, 0.717) is 0 Å². The van der Waals surface area contributed by atoms with Gasteiger partial charge >= 0.3 is 0 Å². The summed E-state index contributed by atoms with van der Waals surface area (Å²) in [5, 5.41) is 8.15. The van der Waals surface area contributed by atoms with Gasteiger partial charge in [0, 0.05) is 0 Å². The van der Waals surface area contributed by atoms with Gasteiger partial charge in [-0.2, -0.15) is 0 Å². The van der Waals surface area contributed by atoms with Gasteiger partial charge in [-0.05, 0) is 37.9 Å². The van der Waals surface area contributed by atoms with Crippen molar-refractivity contribution in [3.05, 3.63) is 72.2 Å². The minimum Gasteiger partial charge on any atom is -0.113 e. The maximum Gasteiger partial charge on any atom is 0.184 e. The van der Waals surface area contributed by atoms with Crippen LogP contribution < -0.4 is 5.46 Å². The van der Waals surface area contributed by atoms with Crippen LogP contribution in [0.15, 0.2) is 66.6 Å². The SMILES string of the molecule is B1C=Cc2ccc3c(ccc4c5ccccc5ccc34)c21. The second-order valence-corrected chi connectivity index (χ2v) is 5.78. The maximum atomic E-state index is 2.30. The number of benzene rings is 4. The number of hydrogen-bond acceptors (Lipinski definition) is 0. The van der Waals surface area contributed by atoms with Gasteiger partial charge in [0.1, 0.15) is 0 Å². The monoisotopic (exact) mass is 264 g/mol. The molecule has 0 saturated carbocycles. The van der Waals surface area contributed by atoms with E-state index >= 15 is 0 Å². The van der Waals surface area contributed by atoms with Crippen LogP contribution in [0.25, 0.3) is 38.4 Å². The lowest BCUT2D eigenvalue weighted by molar-refractivity contribution is 1.77. The maximum absolute atomic E-state index is 2.30. The Kier molecular flexibility index (Phi) is 2.12. The van der Waals surface area contributed by atoms with E-state index in [9.17, 15) is 0 Å². The molecule has 4 aromatic carbocycles. The zero-order valence-electron chi connectivity index (χ0n) is 11.6. The lowest BCUT2D eigenvalue weighted by Gasteiger charge is -2.10. The van der Waals surface area contributed by atoms with Gasteiger partial charge in [-0.15, -0.1) is 5.98 Å². The molecule has 0 amide bonds. The van der Waals surface area contributed by atoms with E-state index in [-0.39, 0.29) is 0 Å². The average Bonchev–Trinajstić information content (AvgIpc) is 3.03. The highest BCUT2D eigenvalue weighted by Gasteiger charge is 2.12. The van der Waals surface area contributed by atoms with Crippen LogP contribution in [0, 0.1) is 0 Å². The first-order valence-corrected chi connectivity index (χ1v) is 7.44. The molecule has 0 atom stereocenters. The Morgan fingerprint density at radius 1 is 0.571 bits per heavy atom. The summed E-state index contributed by atoms with van der Waals surface area (Å²) in [4.78, 5) is 0. The van der Waals surface area contributed by atoms with Crippen LogP contribution in [0.1, 0.15) is 5.56 Å². The van der Waals surface area contributed by atoms with E-state index in [2.05, 4.69) is 72.7 Å². The zero-order chi connectivity index (χ0) is 13.8. The fourth-order valence-electron chi connectivity index (χ4n) is 3.67. The zero-order valence-corrected chi connectivity index (χ0v) is 11.6. The summed E-state index contributed by atoms with van der Waals surface area (Å²) in [5.41, 5.74) is 2.85. The molecule has 1 heterocycles. The van der Waals surface area contributed by atoms with Crippen LogP contribution in [0.3, 0.4) is 0 Å². The lowest BCUT2D eigenvalue weighted by Crippen LogP contribution is -2.12. The molecule has 0 saturated heterocycles. The van der Waals surface area contributed by atoms with Crippen molar-refractivity contribution < 1.29 is 0 Å². The third-order valence-electron chi connectivity index (χ3n) is 4.69. The summed E-state index contributed by atoms with van der Waals surface area (Å²) in [5.74, 6) is 2.26. The number of rotatable bonds is 0. The fourth-order valence-corrected chi connectivity index (χ4v) is 3.67. The molecule has 0 aliphatic carbocycles. The highest BCUT2D eigenvalue weighted by molar-refractivity contribution is 6.66. The third kappa shape index (κ3) is 1.46. The van der Waals surface area contributed by atoms with Crippen molar-refractivity contribution in [1.82, 2.24) is 0 Å². The second kappa shape index (κ2) is 3.99. The Morgan fingerprint density at radius 3 is 2.29 bits per heavy atom. The molecule has 0 bridgehead atoms. The molecule has 0 radical (unpaired) electrons. The molecule has 21 heavy (non-hydrogen) atoms.